The van der Waals surface area contributed by atoms with Gasteiger partial charge in [0.1, 0.15) is 71.0 Å². The molecule has 314 valence electrons. The summed E-state index contributed by atoms with van der Waals surface area (Å²) in [6, 6.07) is 14.3. The molecule has 3 aromatic rings. The molecule has 0 amide bonds. The first-order valence-electron chi connectivity index (χ1n) is 19.2. The number of aliphatic imine (C=N–C) groups is 3. The maximum Gasteiger partial charge on any atom is 0.336 e. The van der Waals surface area contributed by atoms with Crippen LogP contribution in [0.3, 0.4) is 0 Å². The maximum atomic E-state index is 12.5. The SMILES string of the molecule is [NH2+]=C1C=CC(C(O)COc2ccc(C3C=C(O)c4c(cc(OC5OC(C(=O)O)C(O)(CC6=NC=NC6)C(O)C5O)c(OC5(c6cccc(O)c6)CCCC5)c4O)O3)cc2)=N1. The van der Waals surface area contributed by atoms with Gasteiger partial charge in [0.25, 0.3) is 0 Å². The zero-order chi connectivity index (χ0) is 42.3. The van der Waals surface area contributed by atoms with Crippen molar-refractivity contribution in [3.05, 3.63) is 89.5 Å². The van der Waals surface area contributed by atoms with Crippen molar-refractivity contribution < 1.29 is 74.7 Å². The monoisotopic (exact) mass is 827 g/mol. The molecule has 18 nitrogen and oxygen atoms in total. The third-order valence-electron chi connectivity index (χ3n) is 11.1. The van der Waals surface area contributed by atoms with E-state index in [0.29, 0.717) is 48.3 Å². The predicted molar refractivity (Wildman–Crippen MR) is 212 cm³/mol. The van der Waals surface area contributed by atoms with Crippen molar-refractivity contribution in [2.75, 3.05) is 13.2 Å². The van der Waals surface area contributed by atoms with Crippen LogP contribution in [-0.2, 0) is 15.1 Å². The first-order chi connectivity index (χ1) is 28.7. The second kappa shape index (κ2) is 16.0. The average Bonchev–Trinajstić information content (AvgIpc) is 4.02. The second-order valence-corrected chi connectivity index (χ2v) is 15.2. The smallest absolute Gasteiger partial charge is 0.336 e. The molecular weight excluding hydrogens is 784 g/mol. The van der Waals surface area contributed by atoms with Gasteiger partial charge in [-0.25, -0.2) is 9.79 Å². The van der Waals surface area contributed by atoms with Crippen LogP contribution in [0, 0.1) is 0 Å². The summed E-state index contributed by atoms with van der Waals surface area (Å²) in [6.07, 6.45) is -2.70. The normalized spacial score (nSPS) is 27.0. The van der Waals surface area contributed by atoms with Gasteiger partial charge in [0.15, 0.2) is 29.4 Å². The van der Waals surface area contributed by atoms with Gasteiger partial charge in [-0.3, -0.25) is 10.4 Å². The summed E-state index contributed by atoms with van der Waals surface area (Å²) in [4.78, 5) is 24.5. The Morgan fingerprint density at radius 1 is 1.03 bits per heavy atom. The van der Waals surface area contributed by atoms with Gasteiger partial charge in [-0.15, -0.1) is 0 Å². The van der Waals surface area contributed by atoms with Crippen LogP contribution < -0.4 is 24.4 Å². The number of aliphatic hydroxyl groups excluding tert-OH is 4. The Labute approximate surface area is 341 Å². The molecule has 2 fully saturated rings. The molecule has 0 radical (unpaired) electrons. The number of nitrogens with zero attached hydrogens (tertiary/aromatic N) is 3. The largest absolute Gasteiger partial charge is 0.508 e. The summed E-state index contributed by atoms with van der Waals surface area (Å²) in [6.45, 7) is -0.0578. The number of carboxylic acid groups (broad SMARTS) is 1. The Kier molecular flexibility index (Phi) is 10.8. The number of aromatic hydroxyl groups is 2. The van der Waals surface area contributed by atoms with Crippen molar-refractivity contribution in [1.29, 1.82) is 0 Å². The molecule has 1 aliphatic carbocycles. The van der Waals surface area contributed by atoms with Crippen molar-refractivity contribution in [2.45, 2.75) is 80.1 Å². The number of carboxylic acids is 1. The molecule has 4 aliphatic heterocycles. The Hall–Kier alpha value is -6.31. The summed E-state index contributed by atoms with van der Waals surface area (Å²) < 4.78 is 30.5. The standard InChI is InChI=1S/C42H42N4O14/c43-32-11-10-26(46-32)28(49)19-56-25-8-6-21(7-9-25)29-15-27(48)33-30(57-29)16-31(36(34(33)50)60-41(12-1-2-13-41)22-4-3-5-24(47)14-22)58-40-35(51)37(52)42(55,38(59-40)39(53)54)17-23-18-44-20-45-23/h3-11,14-16,20,28-29,35,37-38,40,43,47-52,55H,1-2,12-13,17-19H2,(H,53,54)/p+1. The van der Waals surface area contributed by atoms with Crippen LogP contribution in [0.25, 0.3) is 5.76 Å². The lowest BCUT2D eigenvalue weighted by molar-refractivity contribution is -0.303. The molecule has 60 heavy (non-hydrogen) atoms. The zero-order valence-electron chi connectivity index (χ0n) is 31.9. The van der Waals surface area contributed by atoms with Crippen LogP contribution in [0.1, 0.15) is 54.9 Å². The lowest BCUT2D eigenvalue weighted by Gasteiger charge is -2.46. The van der Waals surface area contributed by atoms with Crippen LogP contribution in [-0.4, -0.2) is 120 Å². The Morgan fingerprint density at radius 3 is 2.47 bits per heavy atom. The highest BCUT2D eigenvalue weighted by Gasteiger charge is 2.59. The highest BCUT2D eigenvalue weighted by atomic mass is 16.7. The number of nitrogens with two attached hydrogens (primary N) is 1. The van der Waals surface area contributed by atoms with Gasteiger partial charge >= 0.3 is 11.8 Å². The first-order valence-corrected chi connectivity index (χ1v) is 19.2. The van der Waals surface area contributed by atoms with E-state index in [9.17, 15) is 45.6 Å². The van der Waals surface area contributed by atoms with Gasteiger partial charge in [-0.05, 0) is 72.1 Å². The number of aliphatic carboxylic acids is 1. The summed E-state index contributed by atoms with van der Waals surface area (Å²) in [7, 11) is 0. The number of phenols is 2. The van der Waals surface area contributed by atoms with Gasteiger partial charge in [-0.2, -0.15) is 0 Å². The minimum Gasteiger partial charge on any atom is -0.508 e. The number of aliphatic hydroxyl groups is 5. The van der Waals surface area contributed by atoms with Gasteiger partial charge in [0.2, 0.25) is 12.0 Å². The highest BCUT2D eigenvalue weighted by molar-refractivity contribution is 6.14. The number of rotatable bonds is 13. The highest BCUT2D eigenvalue weighted by Crippen LogP contribution is 2.55. The minimum atomic E-state index is -2.55. The molecule has 3 aromatic carbocycles. The van der Waals surface area contributed by atoms with Crippen molar-refractivity contribution in [1.82, 2.24) is 0 Å². The van der Waals surface area contributed by atoms with Crippen molar-refractivity contribution in [3.63, 3.8) is 0 Å². The number of amidine groups is 1. The van der Waals surface area contributed by atoms with E-state index in [2.05, 4.69) is 15.0 Å². The van der Waals surface area contributed by atoms with E-state index >= 15 is 0 Å². The van der Waals surface area contributed by atoms with E-state index in [-0.39, 0.29) is 53.3 Å². The number of fused-ring (bicyclic) bond motifs is 1. The molecule has 4 heterocycles. The average molecular weight is 828 g/mol. The number of benzene rings is 3. The number of ether oxygens (including phenoxy) is 5. The van der Waals surface area contributed by atoms with Crippen LogP contribution >= 0.6 is 0 Å². The van der Waals surface area contributed by atoms with Gasteiger partial charge < -0.3 is 64.5 Å². The Balaban J connectivity index is 1.12. The lowest BCUT2D eigenvalue weighted by Crippen LogP contribution is -2.69. The fourth-order valence-corrected chi connectivity index (χ4v) is 8.03. The molecule has 0 bridgehead atoms. The molecule has 10 N–H and O–H groups in total. The first kappa shape index (κ1) is 40.5. The van der Waals surface area contributed by atoms with E-state index in [4.69, 9.17) is 29.1 Å². The van der Waals surface area contributed by atoms with Gasteiger partial charge in [0, 0.05) is 30.4 Å². The van der Waals surface area contributed by atoms with Crippen LogP contribution in [0.5, 0.6) is 34.5 Å². The molecule has 18 heteroatoms. The number of hydrogen-bond donors (Lipinski definition) is 9. The minimum absolute atomic E-state index is 0.0263. The molecule has 7 unspecified atom stereocenters. The molecule has 0 spiro atoms. The van der Waals surface area contributed by atoms with E-state index in [0.717, 1.165) is 0 Å². The fraction of sp³-hybridized carbons (Fsp3) is 0.357. The number of hydrogen-bond acceptors (Lipinski definition) is 15. The van der Waals surface area contributed by atoms with Crippen molar-refractivity contribution in [3.8, 4) is 34.5 Å². The third kappa shape index (κ3) is 7.66. The molecule has 1 saturated heterocycles. The fourth-order valence-electron chi connectivity index (χ4n) is 8.03. The Bertz CT molecular complexity index is 2340. The summed E-state index contributed by atoms with van der Waals surface area (Å²) in [5.41, 5.74) is -2.13. The van der Waals surface area contributed by atoms with E-state index < -0.39 is 71.9 Å². The number of carbonyl (C=O) groups is 1. The van der Waals surface area contributed by atoms with Gasteiger partial charge in [0.05, 0.1) is 6.54 Å². The van der Waals surface area contributed by atoms with Crippen molar-refractivity contribution in [2.24, 2.45) is 15.0 Å². The van der Waals surface area contributed by atoms with Crippen LogP contribution in [0.4, 0.5) is 0 Å². The quantitative estimate of drug-likeness (QED) is 0.118. The lowest BCUT2D eigenvalue weighted by atomic mass is 9.80. The summed E-state index contributed by atoms with van der Waals surface area (Å²) in [5, 5.41) is 94.3. The summed E-state index contributed by atoms with van der Waals surface area (Å²) in [5.74, 6) is -2.84. The van der Waals surface area contributed by atoms with E-state index in [1.165, 1.54) is 30.6 Å². The second-order valence-electron chi connectivity index (χ2n) is 15.2. The maximum absolute atomic E-state index is 12.5. The zero-order valence-corrected chi connectivity index (χ0v) is 31.9. The molecular formula is C42H43N4O14+. The van der Waals surface area contributed by atoms with Crippen molar-refractivity contribution >= 4 is 35.3 Å². The predicted octanol–water partition coefficient (Wildman–Crippen LogP) is 1.40. The van der Waals surface area contributed by atoms with Crippen LogP contribution in [0.15, 0.2) is 87.8 Å². The van der Waals surface area contributed by atoms with E-state index in [1.54, 1.807) is 48.6 Å². The van der Waals surface area contributed by atoms with E-state index in [1.807, 2.05) is 0 Å². The van der Waals surface area contributed by atoms with Crippen LogP contribution in [0.2, 0.25) is 0 Å². The molecule has 7 atom stereocenters. The third-order valence-corrected chi connectivity index (χ3v) is 11.1. The Morgan fingerprint density at radius 2 is 1.80 bits per heavy atom. The molecule has 8 rings (SSSR count). The molecule has 5 aliphatic rings. The molecule has 0 aromatic heterocycles. The topological polar surface area (TPSA) is 288 Å². The molecule has 1 saturated carbocycles. The number of phenolic OH excluding ortho intramolecular Hbond substituents is 2. The summed E-state index contributed by atoms with van der Waals surface area (Å²) >= 11 is 0. The van der Waals surface area contributed by atoms with Gasteiger partial charge in [-0.1, -0.05) is 24.3 Å².